The van der Waals surface area contributed by atoms with Crippen molar-refractivity contribution in [2.24, 2.45) is 5.92 Å². The van der Waals surface area contributed by atoms with E-state index < -0.39 is 0 Å². The molecule has 7 heteroatoms. The third-order valence-corrected chi connectivity index (χ3v) is 3.66. The van der Waals surface area contributed by atoms with Crippen LogP contribution in [0.2, 0.25) is 0 Å². The van der Waals surface area contributed by atoms with Gasteiger partial charge in [0.15, 0.2) is 5.69 Å². The van der Waals surface area contributed by atoms with Gasteiger partial charge in [-0.05, 0) is 26.3 Å². The molecule has 1 saturated heterocycles. The average molecular weight is 302 g/mol. The highest BCUT2D eigenvalue weighted by Gasteiger charge is 2.29. The Morgan fingerprint density at radius 2 is 2.27 bits per heavy atom. The molecule has 3 rings (SSSR count). The maximum atomic E-state index is 12.3. The molecule has 1 aliphatic heterocycles. The van der Waals surface area contributed by atoms with Crippen LogP contribution in [0, 0.1) is 19.8 Å². The van der Waals surface area contributed by atoms with Gasteiger partial charge in [-0.15, -0.1) is 5.10 Å². The van der Waals surface area contributed by atoms with Crippen LogP contribution in [0.4, 0.5) is 0 Å². The van der Waals surface area contributed by atoms with E-state index in [1.54, 1.807) is 24.0 Å². The van der Waals surface area contributed by atoms with Gasteiger partial charge < -0.3 is 14.2 Å². The van der Waals surface area contributed by atoms with E-state index in [9.17, 15) is 4.79 Å². The minimum absolute atomic E-state index is 0.0884. The third kappa shape index (κ3) is 3.24. The van der Waals surface area contributed by atoms with Gasteiger partial charge >= 0.3 is 0 Å². The molecule has 116 valence electrons. The van der Waals surface area contributed by atoms with Crippen molar-refractivity contribution < 1.29 is 14.1 Å². The zero-order valence-electron chi connectivity index (χ0n) is 12.7. The number of carbonyl (C=O) groups excluding carboxylic acids is 1. The molecule has 1 atom stereocenters. The van der Waals surface area contributed by atoms with Gasteiger partial charge in [-0.2, -0.15) is 5.10 Å². The Balaban J connectivity index is 1.51. The largest absolute Gasteiger partial charge is 0.476 e. The van der Waals surface area contributed by atoms with Gasteiger partial charge in [-0.3, -0.25) is 4.79 Å². The fourth-order valence-electron chi connectivity index (χ4n) is 2.45. The molecule has 0 aliphatic carbocycles. The summed E-state index contributed by atoms with van der Waals surface area (Å²) >= 11 is 0. The summed E-state index contributed by atoms with van der Waals surface area (Å²) < 4.78 is 10.6. The maximum Gasteiger partial charge on any atom is 0.276 e. The average Bonchev–Trinajstić information content (AvgIpc) is 3.15. The Labute approximate surface area is 128 Å². The zero-order chi connectivity index (χ0) is 15.5. The second-order valence-electron chi connectivity index (χ2n) is 5.55. The van der Waals surface area contributed by atoms with Crippen LogP contribution < -0.4 is 4.74 Å². The van der Waals surface area contributed by atoms with Crippen molar-refractivity contribution in [2.75, 3.05) is 19.7 Å². The van der Waals surface area contributed by atoms with E-state index in [-0.39, 0.29) is 5.91 Å². The molecule has 0 spiro atoms. The lowest BCUT2D eigenvalue weighted by atomic mass is 10.1. The highest BCUT2D eigenvalue weighted by molar-refractivity contribution is 5.92. The SMILES string of the molecule is Cc1ccc(OCC2CCN(C(=O)c3cc(C)on3)C2)nn1. The minimum Gasteiger partial charge on any atom is -0.476 e. The number of likely N-dealkylation sites (tertiary alicyclic amines) is 1. The number of amides is 1. The summed E-state index contributed by atoms with van der Waals surface area (Å²) in [6, 6.07) is 5.33. The monoisotopic (exact) mass is 302 g/mol. The summed E-state index contributed by atoms with van der Waals surface area (Å²) in [5.41, 5.74) is 1.22. The number of hydrogen-bond donors (Lipinski definition) is 0. The quantitative estimate of drug-likeness (QED) is 0.853. The molecular formula is C15H18N4O3. The number of rotatable bonds is 4. The highest BCUT2D eigenvalue weighted by atomic mass is 16.5. The predicted molar refractivity (Wildman–Crippen MR) is 77.5 cm³/mol. The maximum absolute atomic E-state index is 12.3. The zero-order valence-corrected chi connectivity index (χ0v) is 12.7. The first kappa shape index (κ1) is 14.5. The third-order valence-electron chi connectivity index (χ3n) is 3.66. The second kappa shape index (κ2) is 6.13. The van der Waals surface area contributed by atoms with Crippen LogP contribution in [-0.2, 0) is 0 Å². The molecule has 1 unspecified atom stereocenters. The van der Waals surface area contributed by atoms with Gasteiger partial charge in [0.25, 0.3) is 5.91 Å². The van der Waals surface area contributed by atoms with Crippen LogP contribution in [0.3, 0.4) is 0 Å². The van der Waals surface area contributed by atoms with Crippen molar-refractivity contribution in [2.45, 2.75) is 20.3 Å². The summed E-state index contributed by atoms with van der Waals surface area (Å²) in [5, 5.41) is 11.7. The molecule has 2 aromatic rings. The molecule has 7 nitrogen and oxygen atoms in total. The molecule has 2 aromatic heterocycles. The van der Waals surface area contributed by atoms with Crippen molar-refractivity contribution in [3.05, 3.63) is 35.3 Å². The molecular weight excluding hydrogens is 284 g/mol. The standard InChI is InChI=1S/C15H18N4O3/c1-10-3-4-14(17-16-10)21-9-12-5-6-19(8-12)15(20)13-7-11(2)22-18-13/h3-4,7,12H,5-6,8-9H2,1-2H3. The number of aromatic nitrogens is 3. The summed E-state index contributed by atoms with van der Waals surface area (Å²) in [5.74, 6) is 1.36. The summed E-state index contributed by atoms with van der Waals surface area (Å²) in [6.07, 6.45) is 0.905. The van der Waals surface area contributed by atoms with Crippen molar-refractivity contribution in [1.82, 2.24) is 20.3 Å². The lowest BCUT2D eigenvalue weighted by Crippen LogP contribution is -2.29. The lowest BCUT2D eigenvalue weighted by Gasteiger charge is -2.15. The fraction of sp³-hybridized carbons (Fsp3) is 0.467. The first-order chi connectivity index (χ1) is 10.6. The van der Waals surface area contributed by atoms with Crippen LogP contribution >= 0.6 is 0 Å². The minimum atomic E-state index is -0.0884. The molecule has 0 radical (unpaired) electrons. The van der Waals surface area contributed by atoms with Crippen LogP contribution in [-0.4, -0.2) is 45.9 Å². The number of carbonyl (C=O) groups is 1. The Kier molecular flexibility index (Phi) is 4.04. The van der Waals surface area contributed by atoms with Crippen LogP contribution in [0.5, 0.6) is 5.88 Å². The summed E-state index contributed by atoms with van der Waals surface area (Å²) in [6.45, 7) is 5.54. The molecule has 0 bridgehead atoms. The molecule has 0 saturated carbocycles. The normalized spacial score (nSPS) is 17.7. The van der Waals surface area contributed by atoms with Crippen LogP contribution in [0.25, 0.3) is 0 Å². The van der Waals surface area contributed by atoms with Gasteiger partial charge in [-0.25, -0.2) is 0 Å². The molecule has 0 N–H and O–H groups in total. The smallest absolute Gasteiger partial charge is 0.276 e. The van der Waals surface area contributed by atoms with Crippen LogP contribution in [0.15, 0.2) is 22.7 Å². The number of nitrogens with zero attached hydrogens (tertiary/aromatic N) is 4. The Hall–Kier alpha value is -2.44. The van der Waals surface area contributed by atoms with Gasteiger partial charge in [0.1, 0.15) is 5.76 Å². The van der Waals surface area contributed by atoms with E-state index in [2.05, 4.69) is 15.4 Å². The van der Waals surface area contributed by atoms with Crippen molar-refractivity contribution in [1.29, 1.82) is 0 Å². The lowest BCUT2D eigenvalue weighted by molar-refractivity contribution is 0.0772. The highest BCUT2D eigenvalue weighted by Crippen LogP contribution is 2.19. The van der Waals surface area contributed by atoms with Gasteiger partial charge in [-0.1, -0.05) is 5.16 Å². The topological polar surface area (TPSA) is 81.4 Å². The van der Waals surface area contributed by atoms with Crippen molar-refractivity contribution >= 4 is 5.91 Å². The molecule has 3 heterocycles. The Morgan fingerprint density at radius 1 is 1.41 bits per heavy atom. The van der Waals surface area contributed by atoms with Gasteiger partial charge in [0, 0.05) is 31.1 Å². The molecule has 1 amide bonds. The number of aryl methyl sites for hydroxylation is 2. The van der Waals surface area contributed by atoms with Crippen molar-refractivity contribution in [3.8, 4) is 5.88 Å². The fourth-order valence-corrected chi connectivity index (χ4v) is 2.45. The van der Waals surface area contributed by atoms with E-state index in [0.717, 1.165) is 12.1 Å². The summed E-state index contributed by atoms with van der Waals surface area (Å²) in [4.78, 5) is 14.0. The second-order valence-corrected chi connectivity index (χ2v) is 5.55. The van der Waals surface area contributed by atoms with E-state index in [4.69, 9.17) is 9.26 Å². The first-order valence-electron chi connectivity index (χ1n) is 7.27. The van der Waals surface area contributed by atoms with Crippen LogP contribution in [0.1, 0.15) is 28.4 Å². The van der Waals surface area contributed by atoms with Gasteiger partial charge in [0.05, 0.1) is 12.3 Å². The molecule has 1 fully saturated rings. The first-order valence-corrected chi connectivity index (χ1v) is 7.27. The Morgan fingerprint density at radius 3 is 2.95 bits per heavy atom. The van der Waals surface area contributed by atoms with E-state index >= 15 is 0 Å². The summed E-state index contributed by atoms with van der Waals surface area (Å²) in [7, 11) is 0. The van der Waals surface area contributed by atoms with E-state index in [1.807, 2.05) is 13.0 Å². The Bertz CT molecular complexity index is 653. The van der Waals surface area contributed by atoms with E-state index in [0.29, 0.717) is 42.9 Å². The van der Waals surface area contributed by atoms with Gasteiger partial charge in [0.2, 0.25) is 5.88 Å². The van der Waals surface area contributed by atoms with Crippen molar-refractivity contribution in [3.63, 3.8) is 0 Å². The molecule has 0 aromatic carbocycles. The van der Waals surface area contributed by atoms with E-state index in [1.165, 1.54) is 0 Å². The number of hydrogen-bond acceptors (Lipinski definition) is 6. The predicted octanol–water partition coefficient (Wildman–Crippen LogP) is 1.62. The molecule has 1 aliphatic rings. The number of ether oxygens (including phenoxy) is 1. The molecule has 22 heavy (non-hydrogen) atoms.